The number of halogens is 1. The van der Waals surface area contributed by atoms with Crippen LogP contribution in [0.25, 0.3) is 0 Å². The van der Waals surface area contributed by atoms with Gasteiger partial charge in [-0.1, -0.05) is 13.8 Å². The fourth-order valence-electron chi connectivity index (χ4n) is 1.54. The molecule has 3 nitrogen and oxygen atoms in total. The summed E-state index contributed by atoms with van der Waals surface area (Å²) in [6.07, 6.45) is 1.33. The largest absolute Gasteiger partial charge is 0.481 e. The van der Waals surface area contributed by atoms with Gasteiger partial charge in [-0.3, -0.25) is 0 Å². The van der Waals surface area contributed by atoms with Gasteiger partial charge in [-0.05, 0) is 19.8 Å². The topological polar surface area (TPSA) is 35.0 Å². The molecule has 0 aliphatic heterocycles. The van der Waals surface area contributed by atoms with Gasteiger partial charge in [0.2, 0.25) is 5.88 Å². The molecule has 0 saturated heterocycles. The summed E-state index contributed by atoms with van der Waals surface area (Å²) in [4.78, 5) is 8.01. The standard InChI is InChI=1S/C11H17FN2O/c1-7(2)8-9(11(3,4)12)13-6-14-10(8)15-5/h6-7H,1-5H3. The zero-order valence-electron chi connectivity index (χ0n) is 9.84. The third kappa shape index (κ3) is 2.43. The first-order chi connectivity index (χ1) is 6.88. The smallest absolute Gasteiger partial charge is 0.219 e. The molecule has 0 N–H and O–H groups in total. The number of methoxy groups -OCH3 is 1. The Hall–Kier alpha value is -1.19. The van der Waals surface area contributed by atoms with Gasteiger partial charge in [-0.25, -0.2) is 14.4 Å². The highest BCUT2D eigenvalue weighted by atomic mass is 19.1. The van der Waals surface area contributed by atoms with Crippen molar-refractivity contribution < 1.29 is 9.13 Å². The van der Waals surface area contributed by atoms with Crippen LogP contribution in [0.3, 0.4) is 0 Å². The molecule has 0 unspecified atom stereocenters. The van der Waals surface area contributed by atoms with Crippen LogP contribution in [0.4, 0.5) is 4.39 Å². The monoisotopic (exact) mass is 212 g/mol. The molecule has 1 rings (SSSR count). The fraction of sp³-hybridized carbons (Fsp3) is 0.636. The maximum atomic E-state index is 13.9. The molecule has 1 aromatic heterocycles. The van der Waals surface area contributed by atoms with Crippen LogP contribution in [0.15, 0.2) is 6.33 Å². The first-order valence-corrected chi connectivity index (χ1v) is 4.96. The Morgan fingerprint density at radius 3 is 2.33 bits per heavy atom. The molecule has 0 aliphatic rings. The summed E-state index contributed by atoms with van der Waals surface area (Å²) < 4.78 is 19.0. The van der Waals surface area contributed by atoms with Gasteiger partial charge in [0, 0.05) is 5.56 Å². The maximum absolute atomic E-state index is 13.9. The minimum absolute atomic E-state index is 0.131. The Morgan fingerprint density at radius 1 is 1.33 bits per heavy atom. The molecule has 0 bridgehead atoms. The highest BCUT2D eigenvalue weighted by molar-refractivity contribution is 5.35. The van der Waals surface area contributed by atoms with E-state index in [0.717, 1.165) is 5.56 Å². The van der Waals surface area contributed by atoms with Gasteiger partial charge in [0.25, 0.3) is 0 Å². The molecule has 0 spiro atoms. The van der Waals surface area contributed by atoms with Crippen molar-refractivity contribution in [3.8, 4) is 5.88 Å². The number of aromatic nitrogens is 2. The summed E-state index contributed by atoms with van der Waals surface area (Å²) in [5, 5.41) is 0. The van der Waals surface area contributed by atoms with Crippen LogP contribution < -0.4 is 4.74 Å². The van der Waals surface area contributed by atoms with E-state index >= 15 is 0 Å². The molecule has 84 valence electrons. The summed E-state index contributed by atoms with van der Waals surface area (Å²) in [7, 11) is 1.53. The van der Waals surface area contributed by atoms with E-state index in [0.29, 0.717) is 11.6 Å². The van der Waals surface area contributed by atoms with Gasteiger partial charge in [0.15, 0.2) is 0 Å². The molecule has 0 aliphatic carbocycles. The number of ether oxygens (including phenoxy) is 1. The van der Waals surface area contributed by atoms with E-state index < -0.39 is 5.67 Å². The molecule has 1 heterocycles. The molecule has 0 saturated carbocycles. The first-order valence-electron chi connectivity index (χ1n) is 4.96. The normalized spacial score (nSPS) is 11.9. The van der Waals surface area contributed by atoms with Crippen molar-refractivity contribution in [1.82, 2.24) is 9.97 Å². The Labute approximate surface area is 89.7 Å². The lowest BCUT2D eigenvalue weighted by Gasteiger charge is -2.20. The van der Waals surface area contributed by atoms with Crippen LogP contribution in [0.2, 0.25) is 0 Å². The Bertz CT molecular complexity index is 345. The van der Waals surface area contributed by atoms with Crippen molar-refractivity contribution in [3.05, 3.63) is 17.6 Å². The Kier molecular flexibility index (Phi) is 3.27. The average Bonchev–Trinajstić information content (AvgIpc) is 2.15. The quantitative estimate of drug-likeness (QED) is 0.772. The van der Waals surface area contributed by atoms with Gasteiger partial charge < -0.3 is 4.74 Å². The summed E-state index contributed by atoms with van der Waals surface area (Å²) in [5.74, 6) is 0.590. The van der Waals surface area contributed by atoms with Gasteiger partial charge in [0.1, 0.15) is 12.0 Å². The molecule has 0 radical (unpaired) electrons. The number of hydrogen-bond donors (Lipinski definition) is 0. The average molecular weight is 212 g/mol. The van der Waals surface area contributed by atoms with Crippen LogP contribution in [0.5, 0.6) is 5.88 Å². The van der Waals surface area contributed by atoms with Crippen molar-refractivity contribution in [3.63, 3.8) is 0 Å². The highest BCUT2D eigenvalue weighted by Crippen LogP contribution is 2.34. The zero-order valence-corrected chi connectivity index (χ0v) is 9.84. The third-order valence-corrected chi connectivity index (χ3v) is 2.18. The number of hydrogen-bond acceptors (Lipinski definition) is 3. The zero-order chi connectivity index (χ0) is 11.6. The van der Waals surface area contributed by atoms with E-state index in [-0.39, 0.29) is 5.92 Å². The third-order valence-electron chi connectivity index (χ3n) is 2.18. The van der Waals surface area contributed by atoms with Crippen LogP contribution in [0.1, 0.15) is 44.9 Å². The van der Waals surface area contributed by atoms with Crippen LogP contribution in [-0.2, 0) is 5.67 Å². The van der Waals surface area contributed by atoms with E-state index in [1.807, 2.05) is 13.8 Å². The molecule has 0 atom stereocenters. The second-order valence-electron chi connectivity index (χ2n) is 4.27. The van der Waals surface area contributed by atoms with Crippen molar-refractivity contribution in [2.75, 3.05) is 7.11 Å². The molecular formula is C11H17FN2O. The summed E-state index contributed by atoms with van der Waals surface area (Å²) in [5.41, 5.74) is -0.327. The van der Waals surface area contributed by atoms with Gasteiger partial charge in [0.05, 0.1) is 12.8 Å². The molecule has 4 heteroatoms. The summed E-state index contributed by atoms with van der Waals surface area (Å²) in [6.45, 7) is 6.91. The predicted molar refractivity (Wildman–Crippen MR) is 56.8 cm³/mol. The second-order valence-corrected chi connectivity index (χ2v) is 4.27. The van der Waals surface area contributed by atoms with E-state index in [9.17, 15) is 4.39 Å². The predicted octanol–water partition coefficient (Wildman–Crippen LogP) is 2.81. The van der Waals surface area contributed by atoms with Gasteiger partial charge >= 0.3 is 0 Å². The first kappa shape index (κ1) is 11.9. The highest BCUT2D eigenvalue weighted by Gasteiger charge is 2.28. The van der Waals surface area contributed by atoms with E-state index in [2.05, 4.69) is 9.97 Å². The SMILES string of the molecule is COc1ncnc(C(C)(C)F)c1C(C)C. The van der Waals surface area contributed by atoms with Crippen LogP contribution in [-0.4, -0.2) is 17.1 Å². The Balaban J connectivity index is 3.39. The number of rotatable bonds is 3. The lowest BCUT2D eigenvalue weighted by molar-refractivity contribution is 0.209. The van der Waals surface area contributed by atoms with Gasteiger partial charge in [-0.15, -0.1) is 0 Å². The lowest BCUT2D eigenvalue weighted by atomic mass is 9.94. The molecular weight excluding hydrogens is 195 g/mol. The maximum Gasteiger partial charge on any atom is 0.219 e. The molecule has 0 fully saturated rings. The van der Waals surface area contributed by atoms with Gasteiger partial charge in [-0.2, -0.15) is 0 Å². The van der Waals surface area contributed by atoms with Crippen molar-refractivity contribution in [2.45, 2.75) is 39.3 Å². The molecule has 0 amide bonds. The van der Waals surface area contributed by atoms with Crippen molar-refractivity contribution in [2.24, 2.45) is 0 Å². The minimum atomic E-state index is -1.48. The lowest BCUT2D eigenvalue weighted by Crippen LogP contribution is -2.17. The fourth-order valence-corrected chi connectivity index (χ4v) is 1.54. The van der Waals surface area contributed by atoms with Crippen molar-refractivity contribution >= 4 is 0 Å². The van der Waals surface area contributed by atoms with E-state index in [1.54, 1.807) is 0 Å². The van der Waals surface area contributed by atoms with Crippen molar-refractivity contribution in [1.29, 1.82) is 0 Å². The van der Waals surface area contributed by atoms with Crippen LogP contribution >= 0.6 is 0 Å². The second kappa shape index (κ2) is 4.13. The summed E-state index contributed by atoms with van der Waals surface area (Å²) in [6, 6.07) is 0. The minimum Gasteiger partial charge on any atom is -0.481 e. The Morgan fingerprint density at radius 2 is 1.93 bits per heavy atom. The molecule has 15 heavy (non-hydrogen) atoms. The van der Waals surface area contributed by atoms with Crippen LogP contribution in [0, 0.1) is 0 Å². The summed E-state index contributed by atoms with van der Waals surface area (Å²) >= 11 is 0. The van der Waals surface area contributed by atoms with E-state index in [1.165, 1.54) is 27.3 Å². The van der Waals surface area contributed by atoms with E-state index in [4.69, 9.17) is 4.74 Å². The number of nitrogens with zero attached hydrogens (tertiary/aromatic N) is 2. The number of alkyl halides is 1. The molecule has 0 aromatic carbocycles. The molecule has 1 aromatic rings.